The Morgan fingerprint density at radius 3 is 2.67 bits per heavy atom. The number of rotatable bonds is 4. The molecular weight excluding hydrogens is 308 g/mol. The van der Waals surface area contributed by atoms with E-state index in [1.165, 1.54) is 0 Å². The fourth-order valence-corrected chi connectivity index (χ4v) is 3.36. The zero-order valence-corrected chi connectivity index (χ0v) is 13.1. The molecule has 1 saturated heterocycles. The van der Waals surface area contributed by atoms with Gasteiger partial charge in [0.15, 0.2) is 11.5 Å². The van der Waals surface area contributed by atoms with Crippen LogP contribution in [0.2, 0.25) is 0 Å². The molecule has 24 heavy (non-hydrogen) atoms. The van der Waals surface area contributed by atoms with E-state index in [2.05, 4.69) is 0 Å². The number of benzene rings is 2. The third-order valence-corrected chi connectivity index (χ3v) is 4.61. The molecule has 0 unspecified atom stereocenters. The molecule has 2 aromatic carbocycles. The summed E-state index contributed by atoms with van der Waals surface area (Å²) in [5.74, 6) is 1.48. The number of hydrogen-bond donors (Lipinski definition) is 1. The summed E-state index contributed by atoms with van der Waals surface area (Å²) < 4.78 is 16.0. The molecule has 0 aromatic heterocycles. The molecule has 1 fully saturated rings. The Morgan fingerprint density at radius 2 is 1.79 bits per heavy atom. The van der Waals surface area contributed by atoms with E-state index >= 15 is 0 Å². The first kappa shape index (κ1) is 14.9. The lowest BCUT2D eigenvalue weighted by Gasteiger charge is -2.15. The molecule has 2 aliphatic heterocycles. The van der Waals surface area contributed by atoms with Crippen molar-refractivity contribution in [2.24, 2.45) is 11.8 Å². The Kier molecular flexibility index (Phi) is 3.76. The minimum absolute atomic E-state index is 0.111. The van der Waals surface area contributed by atoms with Crippen LogP contribution in [-0.2, 0) is 22.4 Å². The van der Waals surface area contributed by atoms with Crippen LogP contribution in [0, 0.1) is 11.8 Å². The Morgan fingerprint density at radius 1 is 0.958 bits per heavy atom. The average molecular weight is 326 g/mol. The molecule has 2 aliphatic rings. The van der Waals surface area contributed by atoms with Crippen molar-refractivity contribution >= 4 is 5.97 Å². The second-order valence-corrected chi connectivity index (χ2v) is 6.26. The van der Waals surface area contributed by atoms with E-state index in [4.69, 9.17) is 14.2 Å². The number of carbonyl (C=O) groups excluding carboxylic acids is 1. The van der Waals surface area contributed by atoms with Crippen LogP contribution in [0.1, 0.15) is 11.1 Å². The number of cyclic esters (lactones) is 1. The van der Waals surface area contributed by atoms with Gasteiger partial charge in [-0.2, -0.15) is 0 Å². The van der Waals surface area contributed by atoms with Gasteiger partial charge in [-0.25, -0.2) is 0 Å². The van der Waals surface area contributed by atoms with Gasteiger partial charge < -0.3 is 19.3 Å². The van der Waals surface area contributed by atoms with Crippen LogP contribution < -0.4 is 9.47 Å². The van der Waals surface area contributed by atoms with Crippen molar-refractivity contribution in [3.63, 3.8) is 0 Å². The minimum atomic E-state index is -0.197. The number of esters is 1. The number of hydrogen-bond acceptors (Lipinski definition) is 5. The summed E-state index contributed by atoms with van der Waals surface area (Å²) in [6.07, 6.45) is 1.31. The summed E-state index contributed by atoms with van der Waals surface area (Å²) in [6, 6.07) is 12.9. The number of phenols is 1. The molecule has 0 bridgehead atoms. The first-order chi connectivity index (χ1) is 11.7. The molecule has 5 heteroatoms. The lowest BCUT2D eigenvalue weighted by molar-refractivity contribution is -0.141. The lowest BCUT2D eigenvalue weighted by Crippen LogP contribution is -2.20. The summed E-state index contributed by atoms with van der Waals surface area (Å²) in [6.45, 7) is 0.681. The van der Waals surface area contributed by atoms with Crippen molar-refractivity contribution in [2.45, 2.75) is 12.8 Å². The topological polar surface area (TPSA) is 65.0 Å². The molecule has 0 radical (unpaired) electrons. The third-order valence-electron chi connectivity index (χ3n) is 4.61. The van der Waals surface area contributed by atoms with Crippen molar-refractivity contribution in [1.29, 1.82) is 0 Å². The van der Waals surface area contributed by atoms with Crippen LogP contribution in [-0.4, -0.2) is 24.5 Å². The van der Waals surface area contributed by atoms with Gasteiger partial charge in [0.05, 0.1) is 12.5 Å². The SMILES string of the molecule is O=C1OC[C@H](Cc2ccc3c(c2)OCO3)[C@H]1Cc1cccc(O)c1. The van der Waals surface area contributed by atoms with Crippen LogP contribution in [0.25, 0.3) is 0 Å². The fraction of sp³-hybridized carbons (Fsp3) is 0.316. The van der Waals surface area contributed by atoms with Gasteiger partial charge in [0, 0.05) is 5.92 Å². The first-order valence-corrected chi connectivity index (χ1v) is 8.02. The van der Waals surface area contributed by atoms with Crippen molar-refractivity contribution in [3.05, 3.63) is 53.6 Å². The van der Waals surface area contributed by atoms with Gasteiger partial charge in [-0.15, -0.1) is 0 Å². The monoisotopic (exact) mass is 326 g/mol. The predicted molar refractivity (Wildman–Crippen MR) is 86.0 cm³/mol. The number of carbonyl (C=O) groups is 1. The van der Waals surface area contributed by atoms with Crippen LogP contribution in [0.4, 0.5) is 0 Å². The quantitative estimate of drug-likeness (QED) is 0.875. The van der Waals surface area contributed by atoms with Gasteiger partial charge in [-0.05, 0) is 48.2 Å². The van der Waals surface area contributed by atoms with Crippen LogP contribution >= 0.6 is 0 Å². The summed E-state index contributed by atoms with van der Waals surface area (Å²) >= 11 is 0. The third kappa shape index (κ3) is 2.89. The molecule has 2 heterocycles. The molecule has 4 rings (SSSR count). The highest BCUT2D eigenvalue weighted by atomic mass is 16.7. The Labute approximate surface area is 139 Å². The van der Waals surface area contributed by atoms with E-state index in [0.29, 0.717) is 13.0 Å². The lowest BCUT2D eigenvalue weighted by atomic mass is 9.85. The summed E-state index contributed by atoms with van der Waals surface area (Å²) in [4.78, 5) is 12.1. The maximum Gasteiger partial charge on any atom is 0.309 e. The Bertz CT molecular complexity index is 770. The summed E-state index contributed by atoms with van der Waals surface area (Å²) in [5.41, 5.74) is 2.04. The smallest absolute Gasteiger partial charge is 0.309 e. The van der Waals surface area contributed by atoms with E-state index in [1.807, 2.05) is 24.3 Å². The Hall–Kier alpha value is -2.69. The molecule has 0 saturated carbocycles. The normalized spacial score (nSPS) is 21.8. The van der Waals surface area contributed by atoms with Crippen LogP contribution in [0.5, 0.6) is 17.2 Å². The minimum Gasteiger partial charge on any atom is -0.508 e. The van der Waals surface area contributed by atoms with Gasteiger partial charge >= 0.3 is 5.97 Å². The van der Waals surface area contributed by atoms with Gasteiger partial charge in [0.2, 0.25) is 6.79 Å². The van der Waals surface area contributed by atoms with Crippen LogP contribution in [0.3, 0.4) is 0 Å². The second kappa shape index (κ2) is 6.07. The molecule has 0 amide bonds. The number of aromatic hydroxyl groups is 1. The van der Waals surface area contributed by atoms with E-state index in [-0.39, 0.29) is 30.3 Å². The second-order valence-electron chi connectivity index (χ2n) is 6.26. The van der Waals surface area contributed by atoms with E-state index in [1.54, 1.807) is 18.2 Å². The van der Waals surface area contributed by atoms with E-state index in [0.717, 1.165) is 29.0 Å². The van der Waals surface area contributed by atoms with Crippen molar-refractivity contribution in [3.8, 4) is 17.2 Å². The van der Waals surface area contributed by atoms with E-state index < -0.39 is 0 Å². The predicted octanol–water partition coefficient (Wildman–Crippen LogP) is 2.70. The summed E-state index contributed by atoms with van der Waals surface area (Å²) in [7, 11) is 0. The maximum absolute atomic E-state index is 12.1. The van der Waals surface area contributed by atoms with Crippen LogP contribution in [0.15, 0.2) is 42.5 Å². The average Bonchev–Trinajstić information content (AvgIpc) is 3.16. The van der Waals surface area contributed by atoms with Crippen molar-refractivity contribution in [1.82, 2.24) is 0 Å². The molecule has 124 valence electrons. The Balaban J connectivity index is 1.50. The van der Waals surface area contributed by atoms with Gasteiger partial charge in [0.1, 0.15) is 5.75 Å². The molecule has 2 atom stereocenters. The molecular formula is C19H18O5. The number of phenolic OH excluding ortho intramolecular Hbond substituents is 1. The van der Waals surface area contributed by atoms with Gasteiger partial charge in [-0.1, -0.05) is 18.2 Å². The fourth-order valence-electron chi connectivity index (χ4n) is 3.36. The first-order valence-electron chi connectivity index (χ1n) is 8.02. The largest absolute Gasteiger partial charge is 0.508 e. The molecule has 5 nitrogen and oxygen atoms in total. The highest BCUT2D eigenvalue weighted by Crippen LogP contribution is 2.35. The van der Waals surface area contributed by atoms with E-state index in [9.17, 15) is 9.90 Å². The van der Waals surface area contributed by atoms with Gasteiger partial charge in [0.25, 0.3) is 0 Å². The number of fused-ring (bicyclic) bond motifs is 1. The highest BCUT2D eigenvalue weighted by Gasteiger charge is 2.37. The maximum atomic E-state index is 12.1. The van der Waals surface area contributed by atoms with Crippen molar-refractivity contribution < 1.29 is 24.1 Å². The molecule has 0 spiro atoms. The summed E-state index contributed by atoms with van der Waals surface area (Å²) in [5, 5.41) is 9.60. The molecule has 1 N–H and O–H groups in total. The number of ether oxygens (including phenoxy) is 3. The zero-order valence-electron chi connectivity index (χ0n) is 13.1. The standard InChI is InChI=1S/C19H18O5/c20-15-3-1-2-12(7-15)8-16-14(10-22-19(16)21)6-13-4-5-17-18(9-13)24-11-23-17/h1-5,7,9,14,16,20H,6,8,10-11H2/t14-,16+/m0/s1. The van der Waals surface area contributed by atoms with Crippen molar-refractivity contribution in [2.75, 3.05) is 13.4 Å². The van der Waals surface area contributed by atoms with Gasteiger partial charge in [-0.3, -0.25) is 4.79 Å². The zero-order chi connectivity index (χ0) is 16.5. The molecule has 0 aliphatic carbocycles. The molecule has 2 aromatic rings. The highest BCUT2D eigenvalue weighted by molar-refractivity contribution is 5.75.